The zero-order chi connectivity index (χ0) is 20.4. The van der Waals surface area contributed by atoms with E-state index in [4.69, 9.17) is 14.0 Å². The number of nitrogens with zero attached hydrogens (tertiary/aromatic N) is 3. The van der Waals surface area contributed by atoms with Gasteiger partial charge in [-0.05, 0) is 13.0 Å². The number of amides is 2. The quantitative estimate of drug-likeness (QED) is 0.740. The number of hydrogen-bond donors (Lipinski definition) is 1. The van der Waals surface area contributed by atoms with E-state index in [2.05, 4.69) is 10.5 Å². The van der Waals surface area contributed by atoms with Crippen LogP contribution in [0.2, 0.25) is 0 Å². The molecule has 1 aromatic heterocycles. The van der Waals surface area contributed by atoms with Crippen LogP contribution in [0.25, 0.3) is 0 Å². The molecule has 2 aromatic rings. The van der Waals surface area contributed by atoms with Crippen molar-refractivity contribution >= 4 is 23.3 Å². The molecule has 0 radical (unpaired) electrons. The molecule has 10 nitrogen and oxygen atoms in total. The number of rotatable bonds is 5. The Hall–Kier alpha value is -3.40. The maximum Gasteiger partial charge on any atom is 0.276 e. The Bertz CT molecular complexity index is 934. The first-order valence-electron chi connectivity index (χ1n) is 9.17. The second kappa shape index (κ2) is 7.92. The van der Waals surface area contributed by atoms with Gasteiger partial charge in [-0.3, -0.25) is 19.3 Å². The van der Waals surface area contributed by atoms with Crippen LogP contribution in [0.5, 0.6) is 11.5 Å². The maximum absolute atomic E-state index is 12.5. The highest BCUT2D eigenvalue weighted by Crippen LogP contribution is 2.37. The van der Waals surface area contributed by atoms with Crippen LogP contribution in [0.4, 0.5) is 5.69 Å². The Morgan fingerprint density at radius 2 is 1.83 bits per heavy atom. The lowest BCUT2D eigenvalue weighted by Gasteiger charge is -2.33. The zero-order valence-electron chi connectivity index (χ0n) is 15.8. The first-order chi connectivity index (χ1) is 14.0. The predicted octanol–water partition coefficient (Wildman–Crippen LogP) is 1.00. The number of fused-ring (bicyclic) bond motifs is 1. The van der Waals surface area contributed by atoms with Crippen molar-refractivity contribution in [3.05, 3.63) is 35.7 Å². The first-order valence-corrected chi connectivity index (χ1v) is 9.17. The van der Waals surface area contributed by atoms with E-state index in [0.29, 0.717) is 48.9 Å². The summed E-state index contributed by atoms with van der Waals surface area (Å²) in [6, 6.07) is 4.71. The highest BCUT2D eigenvalue weighted by molar-refractivity contribution is 6.05. The average molecular weight is 400 g/mol. The van der Waals surface area contributed by atoms with Gasteiger partial charge in [0.15, 0.2) is 23.0 Å². The number of ether oxygens (including phenoxy) is 2. The van der Waals surface area contributed by atoms with E-state index < -0.39 is 0 Å². The van der Waals surface area contributed by atoms with Gasteiger partial charge in [-0.25, -0.2) is 0 Å². The molecule has 1 saturated heterocycles. The van der Waals surface area contributed by atoms with E-state index in [1.807, 2.05) is 4.90 Å². The summed E-state index contributed by atoms with van der Waals surface area (Å²) in [5, 5.41) is 6.45. The van der Waals surface area contributed by atoms with Gasteiger partial charge in [-0.15, -0.1) is 0 Å². The van der Waals surface area contributed by atoms with Crippen LogP contribution in [-0.4, -0.2) is 72.1 Å². The molecule has 29 heavy (non-hydrogen) atoms. The van der Waals surface area contributed by atoms with Crippen LogP contribution in [0.3, 0.4) is 0 Å². The van der Waals surface area contributed by atoms with Crippen LogP contribution in [0.1, 0.15) is 27.8 Å². The monoisotopic (exact) mass is 400 g/mol. The van der Waals surface area contributed by atoms with Crippen molar-refractivity contribution in [3.8, 4) is 11.5 Å². The Morgan fingerprint density at radius 3 is 2.48 bits per heavy atom. The third-order valence-electron chi connectivity index (χ3n) is 4.85. The number of carbonyl (C=O) groups excluding carboxylic acids is 3. The van der Waals surface area contributed by atoms with Crippen LogP contribution in [0.15, 0.2) is 29.0 Å². The smallest absolute Gasteiger partial charge is 0.276 e. The summed E-state index contributed by atoms with van der Waals surface area (Å²) < 4.78 is 15.3. The number of Topliss-reactive ketones (excluding diaryl/α,β-unsaturated/α-hetero) is 1. The fourth-order valence-electron chi connectivity index (χ4n) is 3.32. The molecule has 2 amide bonds. The Kier molecular flexibility index (Phi) is 5.17. The molecule has 0 atom stereocenters. The molecule has 2 aliphatic heterocycles. The van der Waals surface area contributed by atoms with E-state index >= 15 is 0 Å². The standard InChI is InChI=1S/C19H20N4O6/c1-12(24)13-8-16-17(28-11-27-16)9-15(13)20-18(25)10-22-3-5-23(6-4-22)19(26)14-2-7-29-21-14/h2,7-9H,3-6,10-11H2,1H3,(H,20,25). The molecule has 4 rings (SSSR count). The highest BCUT2D eigenvalue weighted by atomic mass is 16.7. The van der Waals surface area contributed by atoms with Crippen molar-refractivity contribution in [1.82, 2.24) is 15.0 Å². The van der Waals surface area contributed by atoms with Gasteiger partial charge in [-0.2, -0.15) is 0 Å². The minimum Gasteiger partial charge on any atom is -0.454 e. The minimum atomic E-state index is -0.248. The molecule has 1 aromatic carbocycles. The molecule has 0 bridgehead atoms. The van der Waals surface area contributed by atoms with E-state index in [9.17, 15) is 14.4 Å². The molecule has 1 N–H and O–H groups in total. The number of benzene rings is 1. The van der Waals surface area contributed by atoms with Crippen molar-refractivity contribution in [1.29, 1.82) is 0 Å². The first kappa shape index (κ1) is 18.9. The third-order valence-corrected chi connectivity index (χ3v) is 4.85. The van der Waals surface area contributed by atoms with Crippen molar-refractivity contribution < 1.29 is 28.4 Å². The number of piperazine rings is 1. The third kappa shape index (κ3) is 4.06. The van der Waals surface area contributed by atoms with Crippen LogP contribution in [-0.2, 0) is 4.79 Å². The van der Waals surface area contributed by atoms with Crippen molar-refractivity contribution in [2.75, 3.05) is 44.8 Å². The molecule has 0 unspecified atom stereocenters. The largest absolute Gasteiger partial charge is 0.454 e. The molecule has 0 aliphatic carbocycles. The molecular formula is C19H20N4O6. The number of ketones is 1. The maximum atomic E-state index is 12.5. The van der Waals surface area contributed by atoms with Crippen molar-refractivity contribution in [2.24, 2.45) is 0 Å². The molecule has 10 heteroatoms. The summed E-state index contributed by atoms with van der Waals surface area (Å²) in [4.78, 5) is 40.3. The Balaban J connectivity index is 1.34. The van der Waals surface area contributed by atoms with Crippen LogP contribution < -0.4 is 14.8 Å². The van der Waals surface area contributed by atoms with Gasteiger partial charge < -0.3 is 24.2 Å². The molecule has 3 heterocycles. The van der Waals surface area contributed by atoms with Gasteiger partial charge in [0, 0.05) is 43.9 Å². The molecule has 1 fully saturated rings. The fraction of sp³-hybridized carbons (Fsp3) is 0.368. The summed E-state index contributed by atoms with van der Waals surface area (Å²) >= 11 is 0. The van der Waals surface area contributed by atoms with E-state index in [-0.39, 0.29) is 36.6 Å². The zero-order valence-corrected chi connectivity index (χ0v) is 15.8. The van der Waals surface area contributed by atoms with Crippen molar-refractivity contribution in [2.45, 2.75) is 6.92 Å². The lowest BCUT2D eigenvalue weighted by molar-refractivity contribution is -0.117. The molecular weight excluding hydrogens is 380 g/mol. The van der Waals surface area contributed by atoms with Gasteiger partial charge in [0.25, 0.3) is 5.91 Å². The predicted molar refractivity (Wildman–Crippen MR) is 100 cm³/mol. The Morgan fingerprint density at radius 1 is 1.10 bits per heavy atom. The molecule has 152 valence electrons. The fourth-order valence-corrected chi connectivity index (χ4v) is 3.32. The second-order valence-electron chi connectivity index (χ2n) is 6.81. The number of aromatic nitrogens is 1. The van der Waals surface area contributed by atoms with Crippen molar-refractivity contribution in [3.63, 3.8) is 0 Å². The van der Waals surface area contributed by atoms with Crippen LogP contribution in [0, 0.1) is 0 Å². The van der Waals surface area contributed by atoms with E-state index in [0.717, 1.165) is 0 Å². The topological polar surface area (TPSA) is 114 Å². The normalized spacial score (nSPS) is 16.0. The van der Waals surface area contributed by atoms with Gasteiger partial charge in [0.1, 0.15) is 6.26 Å². The molecule has 0 saturated carbocycles. The minimum absolute atomic E-state index is 0.0847. The number of hydrogen-bond acceptors (Lipinski definition) is 8. The summed E-state index contributed by atoms with van der Waals surface area (Å²) in [6.45, 7) is 3.75. The van der Waals surface area contributed by atoms with E-state index in [1.54, 1.807) is 17.0 Å². The Labute approximate surface area is 166 Å². The SMILES string of the molecule is CC(=O)c1cc2c(cc1NC(=O)CN1CCN(C(=O)c3ccon3)CC1)OCO2. The second-order valence-corrected chi connectivity index (χ2v) is 6.81. The van der Waals surface area contributed by atoms with Gasteiger partial charge in [0.2, 0.25) is 12.7 Å². The molecule has 0 spiro atoms. The molecule has 2 aliphatic rings. The van der Waals surface area contributed by atoms with Gasteiger partial charge in [0.05, 0.1) is 12.2 Å². The number of anilines is 1. The van der Waals surface area contributed by atoms with Crippen LogP contribution >= 0.6 is 0 Å². The van der Waals surface area contributed by atoms with Gasteiger partial charge in [-0.1, -0.05) is 5.16 Å². The van der Waals surface area contributed by atoms with E-state index in [1.165, 1.54) is 19.3 Å². The lowest BCUT2D eigenvalue weighted by atomic mass is 10.1. The number of carbonyl (C=O) groups is 3. The summed E-state index contributed by atoms with van der Waals surface area (Å²) in [7, 11) is 0. The lowest BCUT2D eigenvalue weighted by Crippen LogP contribution is -2.50. The highest BCUT2D eigenvalue weighted by Gasteiger charge is 2.25. The summed E-state index contributed by atoms with van der Waals surface area (Å²) in [6.07, 6.45) is 1.36. The summed E-state index contributed by atoms with van der Waals surface area (Å²) in [5.41, 5.74) is 1.04. The summed E-state index contributed by atoms with van der Waals surface area (Å²) in [5.74, 6) is 0.363. The van der Waals surface area contributed by atoms with Gasteiger partial charge >= 0.3 is 0 Å². The number of nitrogens with one attached hydrogen (secondary N) is 1. The average Bonchev–Trinajstić information content (AvgIpc) is 3.39.